The van der Waals surface area contributed by atoms with Gasteiger partial charge in [-0.15, -0.1) is 35.3 Å². The number of carbonyl (C=O) groups is 1. The summed E-state index contributed by atoms with van der Waals surface area (Å²) >= 11 is 5.14. The van der Waals surface area contributed by atoms with Gasteiger partial charge in [0, 0.05) is 15.5 Å². The maximum Gasteiger partial charge on any atom is 0.238 e. The molecule has 5 heteroatoms. The molecule has 0 radical (unpaired) electrons. The zero-order valence-corrected chi connectivity index (χ0v) is 14.9. The Balaban J connectivity index is 1.90. The average molecular weight is 348 g/mol. The van der Waals surface area contributed by atoms with E-state index in [2.05, 4.69) is 48.9 Å². The molecule has 1 fully saturated rings. The van der Waals surface area contributed by atoms with E-state index >= 15 is 0 Å². The van der Waals surface area contributed by atoms with Crippen molar-refractivity contribution in [3.63, 3.8) is 0 Å². The van der Waals surface area contributed by atoms with Gasteiger partial charge >= 0.3 is 0 Å². The number of hydrogen-bond acceptors (Lipinski definition) is 4. The molecule has 1 aliphatic heterocycles. The van der Waals surface area contributed by atoms with Crippen LogP contribution >= 0.6 is 35.3 Å². The Bertz CT molecular complexity index is 655. The molecule has 114 valence electrons. The van der Waals surface area contributed by atoms with E-state index in [4.69, 9.17) is 0 Å². The van der Waals surface area contributed by atoms with Crippen LogP contribution in [-0.2, 0) is 4.79 Å². The smallest absolute Gasteiger partial charge is 0.238 e. The van der Waals surface area contributed by atoms with Crippen LogP contribution in [0.2, 0.25) is 0 Å². The van der Waals surface area contributed by atoms with Crippen LogP contribution in [0.4, 0.5) is 5.69 Å². The van der Waals surface area contributed by atoms with Gasteiger partial charge in [0.05, 0.1) is 5.75 Å². The molecule has 0 saturated carbocycles. The Morgan fingerprint density at radius 1 is 0.955 bits per heavy atom. The molecule has 2 aromatic carbocycles. The molecule has 1 aliphatic rings. The normalized spacial score (nSPS) is 18.0. The molecule has 0 aliphatic carbocycles. The fourth-order valence-electron chi connectivity index (χ4n) is 2.46. The first-order valence-electron chi connectivity index (χ1n) is 6.94. The van der Waals surface area contributed by atoms with E-state index in [-0.39, 0.29) is 11.3 Å². The number of hydrogen-bond donors (Lipinski definition) is 0. The minimum absolute atomic E-state index is 0.0727. The summed E-state index contributed by atoms with van der Waals surface area (Å²) in [6.07, 6.45) is 4.13. The average Bonchev–Trinajstić information content (AvgIpc) is 2.96. The lowest BCUT2D eigenvalue weighted by molar-refractivity contribution is -0.115. The van der Waals surface area contributed by atoms with Gasteiger partial charge in [-0.05, 0) is 54.5 Å². The number of carbonyl (C=O) groups excluding carboxylic acids is 1. The van der Waals surface area contributed by atoms with Crippen LogP contribution in [0.15, 0.2) is 58.3 Å². The number of benzene rings is 2. The van der Waals surface area contributed by atoms with E-state index in [9.17, 15) is 4.79 Å². The lowest BCUT2D eigenvalue weighted by Crippen LogP contribution is -2.27. The van der Waals surface area contributed by atoms with Crippen molar-refractivity contribution >= 4 is 46.9 Å². The molecule has 0 spiro atoms. The Morgan fingerprint density at radius 3 is 2.05 bits per heavy atom. The molecule has 3 rings (SSSR count). The maximum atomic E-state index is 12.3. The molecular formula is C17H17NOS3. The van der Waals surface area contributed by atoms with Crippen molar-refractivity contribution in [1.29, 1.82) is 0 Å². The SMILES string of the molecule is CSc1ccc(C2SCC(=O)N2c2ccc(SC)cc2)cc1. The number of anilines is 1. The standard InChI is InChI=1S/C17H17NOS3/c1-20-14-7-3-12(4-8-14)17-18(16(19)11-22-17)13-5-9-15(21-2)10-6-13/h3-10,17H,11H2,1-2H3. The largest absolute Gasteiger partial charge is 0.295 e. The van der Waals surface area contributed by atoms with E-state index in [1.807, 2.05) is 17.0 Å². The predicted molar refractivity (Wildman–Crippen MR) is 99.1 cm³/mol. The zero-order valence-electron chi connectivity index (χ0n) is 12.5. The van der Waals surface area contributed by atoms with Crippen molar-refractivity contribution in [3.05, 3.63) is 54.1 Å². The molecule has 1 heterocycles. The van der Waals surface area contributed by atoms with Gasteiger partial charge in [0.1, 0.15) is 5.37 Å². The first-order valence-corrected chi connectivity index (χ1v) is 10.4. The second-order valence-electron chi connectivity index (χ2n) is 4.90. The van der Waals surface area contributed by atoms with Crippen LogP contribution in [0, 0.1) is 0 Å². The minimum Gasteiger partial charge on any atom is -0.295 e. The highest BCUT2D eigenvalue weighted by atomic mass is 32.2. The van der Waals surface area contributed by atoms with Gasteiger partial charge in [-0.3, -0.25) is 9.69 Å². The number of nitrogens with zero attached hydrogens (tertiary/aromatic N) is 1. The summed E-state index contributed by atoms with van der Waals surface area (Å²) in [5.74, 6) is 0.722. The fraction of sp³-hybridized carbons (Fsp3) is 0.235. The van der Waals surface area contributed by atoms with Gasteiger partial charge in [0.2, 0.25) is 5.91 Å². The predicted octanol–water partition coefficient (Wildman–Crippen LogP) is 4.91. The molecule has 0 bridgehead atoms. The Hall–Kier alpha value is -1.04. The van der Waals surface area contributed by atoms with E-state index in [1.54, 1.807) is 35.3 Å². The number of amides is 1. The van der Waals surface area contributed by atoms with Gasteiger partial charge in [0.25, 0.3) is 0 Å². The third-order valence-corrected chi connectivity index (χ3v) is 6.32. The van der Waals surface area contributed by atoms with Gasteiger partial charge < -0.3 is 0 Å². The molecule has 1 unspecified atom stereocenters. The molecule has 2 nitrogen and oxygen atoms in total. The third kappa shape index (κ3) is 3.16. The van der Waals surface area contributed by atoms with Crippen molar-refractivity contribution in [2.75, 3.05) is 23.2 Å². The first kappa shape index (κ1) is 15.8. The number of rotatable bonds is 4. The molecule has 0 aromatic heterocycles. The molecule has 1 atom stereocenters. The molecule has 22 heavy (non-hydrogen) atoms. The van der Waals surface area contributed by atoms with Crippen LogP contribution in [0.5, 0.6) is 0 Å². The van der Waals surface area contributed by atoms with Crippen molar-refractivity contribution < 1.29 is 4.79 Å². The van der Waals surface area contributed by atoms with Gasteiger partial charge in [0.15, 0.2) is 0 Å². The van der Waals surface area contributed by atoms with Crippen LogP contribution in [-0.4, -0.2) is 24.2 Å². The second kappa shape index (κ2) is 7.02. The van der Waals surface area contributed by atoms with E-state index < -0.39 is 0 Å². The quantitative estimate of drug-likeness (QED) is 0.732. The summed E-state index contributed by atoms with van der Waals surface area (Å²) in [7, 11) is 0. The third-order valence-electron chi connectivity index (χ3n) is 3.62. The van der Waals surface area contributed by atoms with Crippen LogP contribution < -0.4 is 4.90 Å². The van der Waals surface area contributed by atoms with Crippen molar-refractivity contribution in [1.82, 2.24) is 0 Å². The highest BCUT2D eigenvalue weighted by Gasteiger charge is 2.33. The highest BCUT2D eigenvalue weighted by molar-refractivity contribution is 8.00. The molecular weight excluding hydrogens is 330 g/mol. The zero-order chi connectivity index (χ0) is 15.5. The minimum atomic E-state index is 0.0727. The molecule has 0 N–H and O–H groups in total. The maximum absolute atomic E-state index is 12.3. The fourth-order valence-corrected chi connectivity index (χ4v) is 4.46. The van der Waals surface area contributed by atoms with E-state index in [0.717, 1.165) is 5.69 Å². The lowest BCUT2D eigenvalue weighted by Gasteiger charge is -2.24. The summed E-state index contributed by atoms with van der Waals surface area (Å²) in [5.41, 5.74) is 2.16. The van der Waals surface area contributed by atoms with Crippen LogP contribution in [0.3, 0.4) is 0 Å². The second-order valence-corrected chi connectivity index (χ2v) is 7.73. The summed E-state index contributed by atoms with van der Waals surface area (Å²) in [6.45, 7) is 0. The summed E-state index contributed by atoms with van der Waals surface area (Å²) in [4.78, 5) is 16.7. The van der Waals surface area contributed by atoms with E-state index in [0.29, 0.717) is 5.75 Å². The van der Waals surface area contributed by atoms with Crippen LogP contribution in [0.25, 0.3) is 0 Å². The molecule has 2 aromatic rings. The molecule has 1 amide bonds. The Kier molecular flexibility index (Phi) is 5.06. The van der Waals surface area contributed by atoms with Crippen molar-refractivity contribution in [2.24, 2.45) is 0 Å². The van der Waals surface area contributed by atoms with Gasteiger partial charge in [-0.2, -0.15) is 0 Å². The molecule has 1 saturated heterocycles. The topological polar surface area (TPSA) is 20.3 Å². The van der Waals surface area contributed by atoms with E-state index in [1.165, 1.54) is 15.4 Å². The van der Waals surface area contributed by atoms with Crippen molar-refractivity contribution in [3.8, 4) is 0 Å². The highest BCUT2D eigenvalue weighted by Crippen LogP contribution is 2.42. The van der Waals surface area contributed by atoms with Gasteiger partial charge in [-0.1, -0.05) is 12.1 Å². The number of thioether (sulfide) groups is 3. The Labute approximate surface area is 144 Å². The summed E-state index contributed by atoms with van der Waals surface area (Å²) in [5, 5.41) is 0.0727. The van der Waals surface area contributed by atoms with Gasteiger partial charge in [-0.25, -0.2) is 0 Å². The summed E-state index contributed by atoms with van der Waals surface area (Å²) in [6, 6.07) is 16.7. The Morgan fingerprint density at radius 2 is 1.50 bits per heavy atom. The van der Waals surface area contributed by atoms with Crippen molar-refractivity contribution in [2.45, 2.75) is 15.2 Å². The van der Waals surface area contributed by atoms with Crippen LogP contribution in [0.1, 0.15) is 10.9 Å². The monoisotopic (exact) mass is 347 g/mol. The lowest BCUT2D eigenvalue weighted by atomic mass is 10.2. The summed E-state index contributed by atoms with van der Waals surface area (Å²) < 4.78 is 0. The first-order chi connectivity index (χ1) is 10.7.